The van der Waals surface area contributed by atoms with Crippen LogP contribution in [-0.2, 0) is 9.53 Å². The zero-order valence-corrected chi connectivity index (χ0v) is 15.0. The Hall–Kier alpha value is -3.35. The van der Waals surface area contributed by atoms with Gasteiger partial charge in [0.15, 0.2) is 17.5 Å². The number of ether oxygens (including phenoxy) is 2. The summed E-state index contributed by atoms with van der Waals surface area (Å²) in [7, 11) is 1.54. The van der Waals surface area contributed by atoms with Gasteiger partial charge in [0.05, 0.1) is 7.11 Å². The van der Waals surface area contributed by atoms with Crippen molar-refractivity contribution in [2.45, 2.75) is 20.0 Å². The zero-order chi connectivity index (χ0) is 19.6. The highest BCUT2D eigenvalue weighted by Crippen LogP contribution is 2.28. The molecule has 0 spiro atoms. The van der Waals surface area contributed by atoms with E-state index in [1.807, 2.05) is 0 Å². The van der Waals surface area contributed by atoms with Crippen LogP contribution in [0.2, 0.25) is 0 Å². The Balaban J connectivity index is 1.70. The molecule has 0 fully saturated rings. The topological polar surface area (TPSA) is 77.8 Å². The predicted octanol–water partition coefficient (Wildman–Crippen LogP) is 4.07. The highest BCUT2D eigenvalue weighted by molar-refractivity contribution is 5.99. The third-order valence-electron chi connectivity index (χ3n) is 4.11. The van der Waals surface area contributed by atoms with Crippen LogP contribution in [0.3, 0.4) is 0 Å². The van der Waals surface area contributed by atoms with Crippen LogP contribution in [-0.4, -0.2) is 25.1 Å². The number of esters is 1. The lowest BCUT2D eigenvalue weighted by Gasteiger charge is -2.13. The summed E-state index contributed by atoms with van der Waals surface area (Å²) in [4.78, 5) is 24.6. The summed E-state index contributed by atoms with van der Waals surface area (Å²) in [5.74, 6) is -1.38. The van der Waals surface area contributed by atoms with Crippen LogP contribution in [0.4, 0.5) is 10.1 Å². The fourth-order valence-corrected chi connectivity index (χ4v) is 2.59. The van der Waals surface area contributed by atoms with Crippen molar-refractivity contribution in [3.8, 4) is 5.75 Å². The van der Waals surface area contributed by atoms with Gasteiger partial charge in [-0.25, -0.2) is 9.18 Å². The maximum absolute atomic E-state index is 13.8. The van der Waals surface area contributed by atoms with Crippen LogP contribution in [0.5, 0.6) is 5.75 Å². The van der Waals surface area contributed by atoms with E-state index in [1.54, 1.807) is 44.4 Å². The Labute approximate surface area is 154 Å². The smallest absolute Gasteiger partial charge is 0.375 e. The summed E-state index contributed by atoms with van der Waals surface area (Å²) in [5.41, 5.74) is 0.972. The maximum atomic E-state index is 13.8. The molecule has 1 atom stereocenters. The minimum Gasteiger partial charge on any atom is -0.497 e. The van der Waals surface area contributed by atoms with Crippen molar-refractivity contribution in [1.29, 1.82) is 0 Å². The fourth-order valence-electron chi connectivity index (χ4n) is 2.59. The molecule has 0 radical (unpaired) electrons. The van der Waals surface area contributed by atoms with Crippen LogP contribution in [0.25, 0.3) is 11.0 Å². The zero-order valence-electron chi connectivity index (χ0n) is 15.0. The van der Waals surface area contributed by atoms with E-state index in [-0.39, 0.29) is 11.3 Å². The first-order chi connectivity index (χ1) is 12.9. The molecule has 1 N–H and O–H groups in total. The molecule has 0 bridgehead atoms. The number of hydrogen-bond acceptors (Lipinski definition) is 5. The predicted molar refractivity (Wildman–Crippen MR) is 97.4 cm³/mol. The van der Waals surface area contributed by atoms with Crippen molar-refractivity contribution in [2.24, 2.45) is 0 Å². The van der Waals surface area contributed by atoms with Gasteiger partial charge in [-0.3, -0.25) is 4.79 Å². The van der Waals surface area contributed by atoms with Gasteiger partial charge in [-0.1, -0.05) is 12.1 Å². The summed E-state index contributed by atoms with van der Waals surface area (Å²) in [6.45, 7) is 3.07. The van der Waals surface area contributed by atoms with Crippen LogP contribution >= 0.6 is 0 Å². The average Bonchev–Trinajstić information content (AvgIpc) is 3.00. The summed E-state index contributed by atoms with van der Waals surface area (Å²) in [5, 5.41) is 3.12. The van der Waals surface area contributed by atoms with Crippen molar-refractivity contribution in [3.63, 3.8) is 0 Å². The van der Waals surface area contributed by atoms with E-state index in [4.69, 9.17) is 13.9 Å². The first-order valence-electron chi connectivity index (χ1n) is 8.24. The first kappa shape index (κ1) is 18.4. The van der Waals surface area contributed by atoms with Gasteiger partial charge in [-0.2, -0.15) is 0 Å². The molecule has 0 aliphatic rings. The normalized spacial score (nSPS) is 11.9. The Morgan fingerprint density at radius 2 is 1.85 bits per heavy atom. The third-order valence-corrected chi connectivity index (χ3v) is 4.11. The van der Waals surface area contributed by atoms with E-state index >= 15 is 0 Å². The maximum Gasteiger partial charge on any atom is 0.375 e. The van der Waals surface area contributed by atoms with Crippen LogP contribution in [0, 0.1) is 12.7 Å². The van der Waals surface area contributed by atoms with E-state index in [2.05, 4.69) is 5.32 Å². The van der Waals surface area contributed by atoms with Crippen LogP contribution < -0.4 is 10.1 Å². The van der Waals surface area contributed by atoms with Gasteiger partial charge in [0.1, 0.15) is 5.75 Å². The summed E-state index contributed by atoms with van der Waals surface area (Å²) in [6.07, 6.45) is -1.07. The number of nitrogens with one attached hydrogen (secondary N) is 1. The fraction of sp³-hybridized carbons (Fsp3) is 0.200. The summed E-state index contributed by atoms with van der Waals surface area (Å²) >= 11 is 0. The largest absolute Gasteiger partial charge is 0.497 e. The lowest BCUT2D eigenvalue weighted by atomic mass is 10.1. The van der Waals surface area contributed by atoms with Gasteiger partial charge in [-0.15, -0.1) is 0 Å². The van der Waals surface area contributed by atoms with Gasteiger partial charge in [-0.05, 0) is 44.2 Å². The van der Waals surface area contributed by atoms with E-state index < -0.39 is 23.8 Å². The second kappa shape index (κ2) is 7.49. The highest BCUT2D eigenvalue weighted by Gasteiger charge is 2.25. The number of para-hydroxylation sites is 1. The lowest BCUT2D eigenvalue weighted by Crippen LogP contribution is -2.30. The van der Waals surface area contributed by atoms with E-state index in [0.29, 0.717) is 22.4 Å². The standard InChI is InChI=1S/C20H18FNO5/c1-11-15-5-4-6-16(21)18(15)27-17(11)20(24)26-12(2)19(23)22-13-7-9-14(25-3)10-8-13/h4-10,12H,1-3H3,(H,22,23)/t12-/m0/s1. The number of anilines is 1. The third kappa shape index (κ3) is 3.76. The van der Waals surface area contributed by atoms with Crippen molar-refractivity contribution >= 4 is 28.5 Å². The number of amides is 1. The van der Waals surface area contributed by atoms with Crippen molar-refractivity contribution in [2.75, 3.05) is 12.4 Å². The van der Waals surface area contributed by atoms with Gasteiger partial charge >= 0.3 is 5.97 Å². The van der Waals surface area contributed by atoms with Gasteiger partial charge in [0.2, 0.25) is 5.76 Å². The van der Waals surface area contributed by atoms with Crippen molar-refractivity contribution in [1.82, 2.24) is 0 Å². The molecule has 1 aromatic heterocycles. The van der Waals surface area contributed by atoms with Gasteiger partial charge < -0.3 is 19.2 Å². The van der Waals surface area contributed by atoms with E-state index in [1.165, 1.54) is 19.1 Å². The molecule has 27 heavy (non-hydrogen) atoms. The molecule has 1 heterocycles. The van der Waals surface area contributed by atoms with Crippen LogP contribution in [0.15, 0.2) is 46.9 Å². The molecule has 0 aliphatic heterocycles. The molecule has 0 saturated carbocycles. The number of benzene rings is 2. The number of fused-ring (bicyclic) bond motifs is 1. The minimum atomic E-state index is -1.07. The molecule has 1 amide bonds. The molecule has 0 unspecified atom stereocenters. The Kier molecular flexibility index (Phi) is 5.12. The molecule has 140 valence electrons. The molecule has 3 rings (SSSR count). The number of furan rings is 1. The molecular formula is C20H18FNO5. The first-order valence-corrected chi connectivity index (χ1v) is 8.24. The Bertz CT molecular complexity index is 994. The SMILES string of the molecule is COc1ccc(NC(=O)[C@H](C)OC(=O)c2oc3c(F)cccc3c2C)cc1. The Morgan fingerprint density at radius 1 is 1.15 bits per heavy atom. The highest BCUT2D eigenvalue weighted by atomic mass is 19.1. The second-order valence-corrected chi connectivity index (χ2v) is 5.94. The molecule has 7 heteroatoms. The van der Waals surface area contributed by atoms with Crippen molar-refractivity contribution in [3.05, 3.63) is 59.6 Å². The number of aryl methyl sites for hydroxylation is 1. The van der Waals surface area contributed by atoms with E-state index in [9.17, 15) is 14.0 Å². The van der Waals surface area contributed by atoms with Crippen molar-refractivity contribution < 1.29 is 27.9 Å². The number of hydrogen-bond donors (Lipinski definition) is 1. The average molecular weight is 371 g/mol. The lowest BCUT2D eigenvalue weighted by molar-refractivity contribution is -0.123. The quantitative estimate of drug-likeness (QED) is 0.684. The molecule has 0 aliphatic carbocycles. The molecule has 0 saturated heterocycles. The molecular weight excluding hydrogens is 353 g/mol. The summed E-state index contributed by atoms with van der Waals surface area (Å²) < 4.78 is 29.4. The van der Waals surface area contributed by atoms with Crippen LogP contribution in [0.1, 0.15) is 23.0 Å². The summed E-state index contributed by atoms with van der Waals surface area (Å²) in [6, 6.07) is 11.1. The van der Waals surface area contributed by atoms with Gasteiger partial charge in [0.25, 0.3) is 5.91 Å². The number of carbonyl (C=O) groups is 2. The number of methoxy groups -OCH3 is 1. The number of rotatable bonds is 5. The Morgan fingerprint density at radius 3 is 2.48 bits per heavy atom. The minimum absolute atomic E-state index is 0.0164. The monoisotopic (exact) mass is 371 g/mol. The molecule has 2 aromatic carbocycles. The van der Waals surface area contributed by atoms with Gasteiger partial charge in [0, 0.05) is 16.6 Å². The van der Waals surface area contributed by atoms with E-state index in [0.717, 1.165) is 0 Å². The molecule has 3 aromatic rings. The second-order valence-electron chi connectivity index (χ2n) is 5.94. The molecule has 6 nitrogen and oxygen atoms in total. The number of halogens is 1. The number of carbonyl (C=O) groups excluding carboxylic acids is 2.